The van der Waals surface area contributed by atoms with Crippen LogP contribution in [0.5, 0.6) is 0 Å². The summed E-state index contributed by atoms with van der Waals surface area (Å²) < 4.78 is 5.40. The third kappa shape index (κ3) is 6.93. The Kier molecular flexibility index (Phi) is 9.17. The molecule has 126 valence electrons. The van der Waals surface area contributed by atoms with Gasteiger partial charge in [0, 0.05) is 31.0 Å². The predicted molar refractivity (Wildman–Crippen MR) is 87.7 cm³/mol. The first-order chi connectivity index (χ1) is 11.1. The molecule has 3 aromatic rings. The van der Waals surface area contributed by atoms with Gasteiger partial charge in [0.1, 0.15) is 17.4 Å². The summed E-state index contributed by atoms with van der Waals surface area (Å²) in [4.78, 5) is 8.50. The Morgan fingerprint density at radius 2 is 1.87 bits per heavy atom. The van der Waals surface area contributed by atoms with Crippen molar-refractivity contribution in [3.05, 3.63) is 45.4 Å². The minimum atomic E-state index is 0.0174. The third-order valence-corrected chi connectivity index (χ3v) is 4.14. The molecule has 0 aliphatic heterocycles. The van der Waals surface area contributed by atoms with E-state index in [-0.39, 0.29) is 19.8 Å². The van der Waals surface area contributed by atoms with E-state index in [0.29, 0.717) is 5.82 Å². The van der Waals surface area contributed by atoms with Crippen LogP contribution in [0.2, 0.25) is 0 Å². The van der Waals surface area contributed by atoms with Crippen LogP contribution in [0.3, 0.4) is 0 Å². The van der Waals surface area contributed by atoms with Gasteiger partial charge in [-0.25, -0.2) is 9.97 Å². The SMILES string of the molecule is Cc1nnsc1CO.Cn1ccnc1CO.OCc1nccs1. The molecule has 23 heavy (non-hydrogen) atoms. The van der Waals surface area contributed by atoms with Crippen molar-refractivity contribution in [3.8, 4) is 0 Å². The highest BCUT2D eigenvalue weighted by atomic mass is 32.1. The highest BCUT2D eigenvalue weighted by Gasteiger charge is 1.97. The molecule has 3 rings (SSSR count). The molecule has 0 radical (unpaired) electrons. The molecule has 0 amide bonds. The zero-order chi connectivity index (χ0) is 17.1. The van der Waals surface area contributed by atoms with Crippen molar-refractivity contribution in [3.63, 3.8) is 0 Å². The summed E-state index contributed by atoms with van der Waals surface area (Å²) in [6.07, 6.45) is 5.13. The van der Waals surface area contributed by atoms with Crippen molar-refractivity contribution < 1.29 is 15.3 Å². The van der Waals surface area contributed by atoms with Gasteiger partial charge >= 0.3 is 0 Å². The van der Waals surface area contributed by atoms with Crippen LogP contribution in [-0.2, 0) is 26.9 Å². The second-order valence-electron chi connectivity index (χ2n) is 4.14. The van der Waals surface area contributed by atoms with Crippen LogP contribution in [0.15, 0.2) is 24.0 Å². The van der Waals surface area contributed by atoms with E-state index in [1.54, 1.807) is 23.2 Å². The van der Waals surface area contributed by atoms with Gasteiger partial charge < -0.3 is 19.9 Å². The fraction of sp³-hybridized carbons (Fsp3) is 0.385. The van der Waals surface area contributed by atoms with Crippen molar-refractivity contribution in [2.24, 2.45) is 7.05 Å². The lowest BCUT2D eigenvalue weighted by Crippen LogP contribution is -1.94. The Morgan fingerprint density at radius 1 is 1.09 bits per heavy atom. The van der Waals surface area contributed by atoms with Crippen molar-refractivity contribution in [1.29, 1.82) is 0 Å². The van der Waals surface area contributed by atoms with Crippen LogP contribution in [0.1, 0.15) is 21.4 Å². The molecule has 0 aliphatic carbocycles. The predicted octanol–water partition coefficient (Wildman–Crippen LogP) is 0.887. The molecule has 0 saturated heterocycles. The Bertz CT molecular complexity index is 614. The topological polar surface area (TPSA) is 117 Å². The van der Waals surface area contributed by atoms with Gasteiger partial charge in [-0.05, 0) is 18.5 Å². The van der Waals surface area contributed by atoms with Gasteiger partial charge in [0.2, 0.25) is 0 Å². The van der Waals surface area contributed by atoms with Crippen LogP contribution in [0, 0.1) is 6.92 Å². The molecule has 0 fully saturated rings. The van der Waals surface area contributed by atoms with Gasteiger partial charge in [0.25, 0.3) is 0 Å². The molecule has 0 bridgehead atoms. The van der Waals surface area contributed by atoms with Gasteiger partial charge in [0.15, 0.2) is 0 Å². The number of aromatic nitrogens is 5. The summed E-state index contributed by atoms with van der Waals surface area (Å²) in [5.41, 5.74) is 0.831. The summed E-state index contributed by atoms with van der Waals surface area (Å²) in [6, 6.07) is 0. The second-order valence-corrected chi connectivity index (χ2v) is 5.95. The average Bonchev–Trinajstić information content (AvgIpc) is 3.30. The largest absolute Gasteiger partial charge is 0.391 e. The molecule has 0 aliphatic rings. The van der Waals surface area contributed by atoms with E-state index < -0.39 is 0 Å². The first-order valence-electron chi connectivity index (χ1n) is 6.57. The summed E-state index contributed by atoms with van der Waals surface area (Å²) in [5.74, 6) is 0.699. The molecule has 0 spiro atoms. The lowest BCUT2D eigenvalue weighted by molar-refractivity contribution is 0.267. The molecule has 10 heteroatoms. The zero-order valence-corrected chi connectivity index (χ0v) is 14.5. The monoisotopic (exact) mass is 357 g/mol. The van der Waals surface area contributed by atoms with Crippen LogP contribution < -0.4 is 0 Å². The molecular weight excluding hydrogens is 338 g/mol. The van der Waals surface area contributed by atoms with Crippen molar-refractivity contribution >= 4 is 22.9 Å². The van der Waals surface area contributed by atoms with Gasteiger partial charge in [-0.1, -0.05) is 4.49 Å². The second kappa shape index (κ2) is 10.9. The molecule has 0 unspecified atom stereocenters. The van der Waals surface area contributed by atoms with E-state index in [1.807, 2.05) is 19.4 Å². The summed E-state index contributed by atoms with van der Waals surface area (Å²) in [7, 11) is 1.85. The van der Waals surface area contributed by atoms with E-state index in [2.05, 4.69) is 19.6 Å². The first-order valence-corrected chi connectivity index (χ1v) is 8.22. The van der Waals surface area contributed by atoms with Crippen molar-refractivity contribution in [1.82, 2.24) is 24.1 Å². The maximum absolute atomic E-state index is 8.54. The number of hydrogen-bond donors (Lipinski definition) is 3. The van der Waals surface area contributed by atoms with Gasteiger partial charge in [-0.2, -0.15) is 0 Å². The quantitative estimate of drug-likeness (QED) is 0.637. The Balaban J connectivity index is 0.000000173. The molecule has 8 nitrogen and oxygen atoms in total. The van der Waals surface area contributed by atoms with E-state index >= 15 is 0 Å². The number of aryl methyl sites for hydroxylation is 2. The first kappa shape index (κ1) is 19.3. The van der Waals surface area contributed by atoms with E-state index in [9.17, 15) is 0 Å². The summed E-state index contributed by atoms with van der Waals surface area (Å²) >= 11 is 2.70. The van der Waals surface area contributed by atoms with Crippen LogP contribution in [0.25, 0.3) is 0 Å². The average molecular weight is 357 g/mol. The summed E-state index contributed by atoms with van der Waals surface area (Å²) in [6.45, 7) is 1.97. The highest BCUT2D eigenvalue weighted by molar-refractivity contribution is 7.09. The number of aliphatic hydroxyl groups excluding tert-OH is 3. The molecular formula is C13H19N5O3S2. The van der Waals surface area contributed by atoms with Crippen LogP contribution in [0.4, 0.5) is 0 Å². The smallest absolute Gasteiger partial charge is 0.134 e. The zero-order valence-electron chi connectivity index (χ0n) is 12.8. The van der Waals surface area contributed by atoms with Crippen LogP contribution in [-0.4, -0.2) is 39.4 Å². The number of imidazole rings is 1. The number of thiazole rings is 1. The molecule has 3 heterocycles. The molecule has 3 aromatic heterocycles. The third-order valence-electron chi connectivity index (χ3n) is 2.57. The molecule has 3 N–H and O–H groups in total. The number of aliphatic hydroxyl groups is 3. The number of nitrogens with zero attached hydrogens (tertiary/aromatic N) is 5. The molecule has 0 saturated carbocycles. The van der Waals surface area contributed by atoms with E-state index in [1.165, 1.54) is 22.9 Å². The van der Waals surface area contributed by atoms with Gasteiger partial charge in [-0.3, -0.25) is 0 Å². The molecule has 0 aromatic carbocycles. The van der Waals surface area contributed by atoms with E-state index in [0.717, 1.165) is 15.6 Å². The Morgan fingerprint density at radius 3 is 2.13 bits per heavy atom. The number of hydrogen-bond acceptors (Lipinski definition) is 9. The van der Waals surface area contributed by atoms with Gasteiger partial charge in [-0.15, -0.1) is 16.4 Å². The maximum Gasteiger partial charge on any atom is 0.134 e. The van der Waals surface area contributed by atoms with Gasteiger partial charge in [0.05, 0.1) is 23.8 Å². The van der Waals surface area contributed by atoms with Crippen LogP contribution >= 0.6 is 22.9 Å². The lowest BCUT2D eigenvalue weighted by Gasteiger charge is -1.92. The highest BCUT2D eigenvalue weighted by Crippen LogP contribution is 2.06. The summed E-state index contributed by atoms with van der Waals surface area (Å²) in [5, 5.41) is 31.7. The van der Waals surface area contributed by atoms with Crippen molar-refractivity contribution in [2.75, 3.05) is 0 Å². The fourth-order valence-corrected chi connectivity index (χ4v) is 2.24. The fourth-order valence-electron chi connectivity index (χ4n) is 1.28. The Hall–Kier alpha value is -1.72. The number of rotatable bonds is 3. The minimum absolute atomic E-state index is 0.0174. The Labute approximate surface area is 141 Å². The van der Waals surface area contributed by atoms with E-state index in [4.69, 9.17) is 15.3 Å². The standard InChI is InChI=1S/C5H8N2O.C4H6N2OS.C4H5NOS/c1-7-3-2-6-5(7)4-8;1-3-4(2-7)8-6-5-3;6-3-4-5-1-2-7-4/h2-3,8H,4H2,1H3;7H,2H2,1H3;1-2,6H,3H2. The normalized spacial score (nSPS) is 9.61. The maximum atomic E-state index is 8.54. The lowest BCUT2D eigenvalue weighted by atomic mass is 10.4. The van der Waals surface area contributed by atoms with Crippen molar-refractivity contribution in [2.45, 2.75) is 26.7 Å². The molecule has 0 atom stereocenters. The minimum Gasteiger partial charge on any atom is -0.391 e.